The van der Waals surface area contributed by atoms with Crippen molar-refractivity contribution in [3.63, 3.8) is 0 Å². The summed E-state index contributed by atoms with van der Waals surface area (Å²) < 4.78 is 1.84. The van der Waals surface area contributed by atoms with E-state index in [1.807, 2.05) is 17.8 Å². The van der Waals surface area contributed by atoms with Gasteiger partial charge in [0.2, 0.25) is 5.95 Å². The first-order valence-electron chi connectivity index (χ1n) is 4.55. The zero-order valence-electron chi connectivity index (χ0n) is 8.54. The highest BCUT2D eigenvalue weighted by Crippen LogP contribution is 2.11. The molecule has 0 aliphatic rings. The molecule has 2 rings (SSSR count). The van der Waals surface area contributed by atoms with Gasteiger partial charge < -0.3 is 15.0 Å². The summed E-state index contributed by atoms with van der Waals surface area (Å²) in [6.45, 7) is 0.475. The third-order valence-corrected chi connectivity index (χ3v) is 2.84. The van der Waals surface area contributed by atoms with Gasteiger partial charge in [0.1, 0.15) is 5.01 Å². The van der Waals surface area contributed by atoms with Crippen LogP contribution in [0.1, 0.15) is 15.5 Å². The second kappa shape index (κ2) is 4.31. The van der Waals surface area contributed by atoms with Crippen molar-refractivity contribution in [2.24, 2.45) is 7.05 Å². The van der Waals surface area contributed by atoms with E-state index in [2.05, 4.69) is 15.3 Å². The van der Waals surface area contributed by atoms with E-state index in [0.717, 1.165) is 11.0 Å². The lowest BCUT2D eigenvalue weighted by Gasteiger charge is -2.02. The van der Waals surface area contributed by atoms with Crippen molar-refractivity contribution < 1.29 is 9.90 Å². The van der Waals surface area contributed by atoms with E-state index < -0.39 is 5.97 Å². The summed E-state index contributed by atoms with van der Waals surface area (Å²) in [7, 11) is 1.87. The highest BCUT2D eigenvalue weighted by Gasteiger charge is 2.08. The minimum absolute atomic E-state index is 0.0849. The van der Waals surface area contributed by atoms with Gasteiger partial charge in [-0.1, -0.05) is 0 Å². The van der Waals surface area contributed by atoms with E-state index in [0.29, 0.717) is 6.54 Å². The van der Waals surface area contributed by atoms with E-state index >= 15 is 0 Å². The standard InChI is InChI=1S/C9H10N4O2S/c1-13-3-2-10-9(13)11-4-7-12-6(5-16-7)8(14)15/h2-3,5H,4H2,1H3,(H,10,11)(H,14,15). The number of rotatable bonds is 4. The van der Waals surface area contributed by atoms with E-state index in [1.165, 1.54) is 16.7 Å². The number of imidazole rings is 1. The predicted molar refractivity (Wildman–Crippen MR) is 59.6 cm³/mol. The third kappa shape index (κ3) is 2.19. The zero-order chi connectivity index (χ0) is 11.5. The molecule has 0 bridgehead atoms. The molecule has 2 aromatic rings. The number of nitrogens with one attached hydrogen (secondary N) is 1. The smallest absolute Gasteiger partial charge is 0.355 e. The molecule has 6 nitrogen and oxygen atoms in total. The molecule has 2 N–H and O–H groups in total. The van der Waals surface area contributed by atoms with Gasteiger partial charge in [-0.3, -0.25) is 0 Å². The van der Waals surface area contributed by atoms with Gasteiger partial charge in [0, 0.05) is 24.8 Å². The topological polar surface area (TPSA) is 80.0 Å². The predicted octanol–water partition coefficient (Wildman–Crippen LogP) is 1.19. The molecule has 0 aliphatic heterocycles. The number of hydrogen-bond acceptors (Lipinski definition) is 5. The minimum Gasteiger partial charge on any atom is -0.476 e. The highest BCUT2D eigenvalue weighted by molar-refractivity contribution is 7.09. The average molecular weight is 238 g/mol. The lowest BCUT2D eigenvalue weighted by molar-refractivity contribution is 0.0691. The van der Waals surface area contributed by atoms with Crippen molar-refractivity contribution in [2.45, 2.75) is 6.54 Å². The van der Waals surface area contributed by atoms with Gasteiger partial charge in [-0.25, -0.2) is 14.8 Å². The van der Waals surface area contributed by atoms with Crippen molar-refractivity contribution >= 4 is 23.3 Å². The van der Waals surface area contributed by atoms with Crippen molar-refractivity contribution in [1.82, 2.24) is 14.5 Å². The number of aromatic nitrogens is 3. The van der Waals surface area contributed by atoms with Crippen molar-refractivity contribution in [3.05, 3.63) is 28.5 Å². The molecule has 0 saturated heterocycles. The molecule has 84 valence electrons. The van der Waals surface area contributed by atoms with Crippen LogP contribution in [0.15, 0.2) is 17.8 Å². The molecule has 2 heterocycles. The molecule has 7 heteroatoms. The maximum absolute atomic E-state index is 10.6. The van der Waals surface area contributed by atoms with Gasteiger partial charge in [0.15, 0.2) is 5.69 Å². The van der Waals surface area contributed by atoms with Gasteiger partial charge in [-0.05, 0) is 0 Å². The number of nitrogens with zero attached hydrogens (tertiary/aromatic N) is 3. The molecular weight excluding hydrogens is 228 g/mol. The zero-order valence-corrected chi connectivity index (χ0v) is 9.36. The number of thiazole rings is 1. The lowest BCUT2D eigenvalue weighted by atomic mass is 10.5. The third-order valence-electron chi connectivity index (χ3n) is 1.99. The van der Waals surface area contributed by atoms with Crippen LogP contribution in [0.25, 0.3) is 0 Å². The Kier molecular flexibility index (Phi) is 2.86. The first kappa shape index (κ1) is 10.6. The Hall–Kier alpha value is -1.89. The summed E-state index contributed by atoms with van der Waals surface area (Å²) in [5, 5.41) is 14.0. The molecule has 0 unspecified atom stereocenters. The Balaban J connectivity index is 2.00. The summed E-state index contributed by atoms with van der Waals surface area (Å²) in [6.07, 6.45) is 3.51. The van der Waals surface area contributed by atoms with Crippen LogP contribution in [-0.4, -0.2) is 25.6 Å². The van der Waals surface area contributed by atoms with Crippen molar-refractivity contribution in [2.75, 3.05) is 5.32 Å². The molecule has 0 fully saturated rings. The van der Waals surface area contributed by atoms with E-state index in [9.17, 15) is 4.79 Å². The average Bonchev–Trinajstić information content (AvgIpc) is 2.83. The first-order chi connectivity index (χ1) is 7.66. The Morgan fingerprint density at radius 1 is 1.69 bits per heavy atom. The van der Waals surface area contributed by atoms with E-state index in [-0.39, 0.29) is 5.69 Å². The number of carboxylic acid groups (broad SMARTS) is 1. The van der Waals surface area contributed by atoms with Gasteiger partial charge in [-0.15, -0.1) is 11.3 Å². The Labute approximate surface area is 95.6 Å². The number of aryl methyl sites for hydroxylation is 1. The molecule has 16 heavy (non-hydrogen) atoms. The second-order valence-electron chi connectivity index (χ2n) is 3.15. The van der Waals surface area contributed by atoms with Gasteiger partial charge in [0.25, 0.3) is 0 Å². The van der Waals surface area contributed by atoms with Crippen LogP contribution >= 0.6 is 11.3 Å². The van der Waals surface area contributed by atoms with Gasteiger partial charge >= 0.3 is 5.97 Å². The van der Waals surface area contributed by atoms with E-state index in [4.69, 9.17) is 5.11 Å². The first-order valence-corrected chi connectivity index (χ1v) is 5.43. The Morgan fingerprint density at radius 3 is 3.06 bits per heavy atom. The fraction of sp³-hybridized carbons (Fsp3) is 0.222. The maximum atomic E-state index is 10.6. The summed E-state index contributed by atoms with van der Waals surface area (Å²) in [5.74, 6) is -0.272. The minimum atomic E-state index is -1.00. The molecular formula is C9H10N4O2S. The lowest BCUT2D eigenvalue weighted by Crippen LogP contribution is -2.05. The Bertz CT molecular complexity index is 505. The highest BCUT2D eigenvalue weighted by atomic mass is 32.1. The molecule has 0 amide bonds. The van der Waals surface area contributed by atoms with Crippen molar-refractivity contribution in [3.8, 4) is 0 Å². The SMILES string of the molecule is Cn1ccnc1NCc1nc(C(=O)O)cs1. The molecule has 0 aromatic carbocycles. The van der Waals surface area contributed by atoms with Crippen LogP contribution in [0.2, 0.25) is 0 Å². The summed E-state index contributed by atoms with van der Waals surface area (Å²) >= 11 is 1.31. The van der Waals surface area contributed by atoms with Crippen molar-refractivity contribution in [1.29, 1.82) is 0 Å². The molecule has 0 radical (unpaired) electrons. The van der Waals surface area contributed by atoms with E-state index in [1.54, 1.807) is 6.20 Å². The number of carbonyl (C=O) groups is 1. The fourth-order valence-electron chi connectivity index (χ4n) is 1.18. The molecule has 2 aromatic heterocycles. The van der Waals surface area contributed by atoms with Crippen LogP contribution in [0.4, 0.5) is 5.95 Å². The number of aromatic carboxylic acids is 1. The van der Waals surface area contributed by atoms with Crippen LogP contribution in [-0.2, 0) is 13.6 Å². The normalized spacial score (nSPS) is 10.3. The molecule has 0 spiro atoms. The fourth-order valence-corrected chi connectivity index (χ4v) is 1.89. The number of hydrogen-bond donors (Lipinski definition) is 2. The Morgan fingerprint density at radius 2 is 2.50 bits per heavy atom. The van der Waals surface area contributed by atoms with Crippen LogP contribution in [0, 0.1) is 0 Å². The monoisotopic (exact) mass is 238 g/mol. The summed E-state index contributed by atoms with van der Waals surface area (Å²) in [4.78, 5) is 18.7. The van der Waals surface area contributed by atoms with Crippen LogP contribution < -0.4 is 5.32 Å². The molecule has 0 aliphatic carbocycles. The van der Waals surface area contributed by atoms with Crippen LogP contribution in [0.3, 0.4) is 0 Å². The quantitative estimate of drug-likeness (QED) is 0.836. The number of anilines is 1. The molecule has 0 atom stereocenters. The second-order valence-corrected chi connectivity index (χ2v) is 4.09. The van der Waals surface area contributed by atoms with Crippen LogP contribution in [0.5, 0.6) is 0 Å². The largest absolute Gasteiger partial charge is 0.476 e. The van der Waals surface area contributed by atoms with Gasteiger partial charge in [0.05, 0.1) is 6.54 Å². The maximum Gasteiger partial charge on any atom is 0.355 e. The number of carboxylic acids is 1. The summed E-state index contributed by atoms with van der Waals surface area (Å²) in [6, 6.07) is 0. The van der Waals surface area contributed by atoms with Gasteiger partial charge in [-0.2, -0.15) is 0 Å². The summed E-state index contributed by atoms with van der Waals surface area (Å²) in [5.41, 5.74) is 0.0849. The molecule has 0 saturated carbocycles.